The fraction of sp³-hybridized carbons (Fsp3) is 0. The Bertz CT molecular complexity index is 634. The monoisotopic (exact) mass is 276 g/mol. The summed E-state index contributed by atoms with van der Waals surface area (Å²) in [6, 6.07) is 7.60. The Balaban J connectivity index is 2.11. The molecule has 2 aromatic carbocycles. The highest BCUT2D eigenvalue weighted by Gasteiger charge is 2.11. The molecule has 0 aliphatic rings. The van der Waals surface area contributed by atoms with Gasteiger partial charge in [-0.3, -0.25) is 0 Å². The third kappa shape index (κ3) is 2.83. The first-order valence-corrected chi connectivity index (χ1v) is 5.58. The van der Waals surface area contributed by atoms with Crippen LogP contribution in [0.15, 0.2) is 36.4 Å². The molecule has 0 unspecified atom stereocenters. The van der Waals surface area contributed by atoms with Crippen molar-refractivity contribution >= 4 is 17.4 Å². The Labute approximate surface area is 113 Å². The van der Waals surface area contributed by atoms with Gasteiger partial charge in [0.05, 0.1) is 11.4 Å². The minimum atomic E-state index is -0.684. The smallest absolute Gasteiger partial charge is 0.323 e. The largest absolute Gasteiger partial charge is 0.506 e. The van der Waals surface area contributed by atoms with Crippen LogP contribution in [-0.2, 0) is 0 Å². The molecule has 6 N–H and O–H groups in total. The average Bonchev–Trinajstić information content (AvgIpc) is 2.38. The number of rotatable bonds is 2. The van der Waals surface area contributed by atoms with Crippen LogP contribution in [-0.4, -0.2) is 26.5 Å². The molecule has 0 saturated carbocycles. The van der Waals surface area contributed by atoms with E-state index < -0.39 is 23.3 Å². The Hall–Kier alpha value is -3.09. The lowest BCUT2D eigenvalue weighted by atomic mass is 10.2. The van der Waals surface area contributed by atoms with Gasteiger partial charge in [0.2, 0.25) is 0 Å². The summed E-state index contributed by atoms with van der Waals surface area (Å²) in [7, 11) is 0. The van der Waals surface area contributed by atoms with Crippen molar-refractivity contribution in [2.75, 3.05) is 10.6 Å². The van der Waals surface area contributed by atoms with E-state index in [0.717, 1.165) is 12.1 Å². The van der Waals surface area contributed by atoms with Crippen LogP contribution in [0.1, 0.15) is 0 Å². The number of hydrogen-bond acceptors (Lipinski definition) is 5. The number of carbonyl (C=O) groups is 1. The van der Waals surface area contributed by atoms with Gasteiger partial charge >= 0.3 is 6.03 Å². The minimum Gasteiger partial charge on any atom is -0.506 e. The first kappa shape index (κ1) is 13.3. The predicted molar refractivity (Wildman–Crippen MR) is 72.2 cm³/mol. The number of hydrogen-bond donors (Lipinski definition) is 6. The van der Waals surface area contributed by atoms with Crippen LogP contribution < -0.4 is 10.6 Å². The highest BCUT2D eigenvalue weighted by molar-refractivity contribution is 6.00. The molecule has 7 heteroatoms. The van der Waals surface area contributed by atoms with Crippen molar-refractivity contribution in [2.24, 2.45) is 0 Å². The fourth-order valence-electron chi connectivity index (χ4n) is 1.54. The summed E-state index contributed by atoms with van der Waals surface area (Å²) in [5.74, 6) is -1.90. The second-order valence-corrected chi connectivity index (χ2v) is 3.96. The van der Waals surface area contributed by atoms with E-state index >= 15 is 0 Å². The van der Waals surface area contributed by atoms with Crippen LogP contribution in [0.4, 0.5) is 16.2 Å². The molecule has 20 heavy (non-hydrogen) atoms. The van der Waals surface area contributed by atoms with E-state index in [1.54, 1.807) is 12.1 Å². The maximum Gasteiger partial charge on any atom is 0.323 e. The number of phenols is 4. The van der Waals surface area contributed by atoms with Crippen LogP contribution in [0.5, 0.6) is 23.0 Å². The number of carbonyl (C=O) groups excluding carboxylic acids is 1. The van der Waals surface area contributed by atoms with Crippen LogP contribution >= 0.6 is 0 Å². The van der Waals surface area contributed by atoms with Crippen LogP contribution in [0.2, 0.25) is 0 Å². The molecule has 2 aromatic rings. The number of benzene rings is 2. The normalized spacial score (nSPS) is 10.0. The summed E-state index contributed by atoms with van der Waals surface area (Å²) in [5, 5.41) is 42.0. The van der Waals surface area contributed by atoms with Gasteiger partial charge in [-0.2, -0.15) is 0 Å². The number of para-hydroxylation sites is 2. The molecule has 0 heterocycles. The second-order valence-electron chi connectivity index (χ2n) is 3.96. The topological polar surface area (TPSA) is 122 Å². The Morgan fingerprint density at radius 1 is 0.850 bits per heavy atom. The maximum atomic E-state index is 11.7. The zero-order valence-electron chi connectivity index (χ0n) is 10.2. The van der Waals surface area contributed by atoms with Crippen molar-refractivity contribution in [1.29, 1.82) is 0 Å². The van der Waals surface area contributed by atoms with Gasteiger partial charge in [-0.15, -0.1) is 0 Å². The van der Waals surface area contributed by atoms with Gasteiger partial charge < -0.3 is 31.1 Å². The Kier molecular flexibility index (Phi) is 3.52. The van der Waals surface area contributed by atoms with Crippen molar-refractivity contribution < 1.29 is 25.2 Å². The molecule has 2 amide bonds. The number of aromatic hydroxyl groups is 4. The van der Waals surface area contributed by atoms with E-state index in [1.165, 1.54) is 12.1 Å². The predicted octanol–water partition coefficient (Wildman–Crippen LogP) is 2.15. The standard InChI is InChI=1S/C13H12N2O5/c16-9-4-2-1-3-8(9)15-13(20)14-7-5-10(17)12(19)11(18)6-7/h1-6,16-19H,(H2,14,15,20). The van der Waals surface area contributed by atoms with E-state index in [9.17, 15) is 25.2 Å². The summed E-state index contributed by atoms with van der Waals surface area (Å²) < 4.78 is 0. The lowest BCUT2D eigenvalue weighted by Gasteiger charge is -2.10. The van der Waals surface area contributed by atoms with E-state index in [0.29, 0.717) is 0 Å². The molecule has 0 radical (unpaired) electrons. The SMILES string of the molecule is O=C(Nc1cc(O)c(O)c(O)c1)Nc1ccccc1O. The summed E-state index contributed by atoms with van der Waals surface area (Å²) in [6.45, 7) is 0. The Morgan fingerprint density at radius 3 is 2.05 bits per heavy atom. The van der Waals surface area contributed by atoms with Gasteiger partial charge in [-0.25, -0.2) is 4.79 Å². The number of amides is 2. The highest BCUT2D eigenvalue weighted by atomic mass is 16.3. The summed E-state index contributed by atoms with van der Waals surface area (Å²) in [4.78, 5) is 11.7. The molecule has 0 atom stereocenters. The average molecular weight is 276 g/mol. The van der Waals surface area contributed by atoms with E-state index in [-0.39, 0.29) is 17.1 Å². The molecule has 7 nitrogen and oxygen atoms in total. The zero-order chi connectivity index (χ0) is 14.7. The number of phenolic OH excluding ortho intramolecular Hbond substituents is 4. The molecule has 0 fully saturated rings. The van der Waals surface area contributed by atoms with E-state index in [2.05, 4.69) is 10.6 Å². The molecule has 104 valence electrons. The summed E-state index contributed by atoms with van der Waals surface area (Å²) in [6.07, 6.45) is 0. The van der Waals surface area contributed by atoms with Crippen molar-refractivity contribution in [3.8, 4) is 23.0 Å². The number of nitrogens with one attached hydrogen (secondary N) is 2. The van der Waals surface area contributed by atoms with Gasteiger partial charge in [0.25, 0.3) is 0 Å². The maximum absolute atomic E-state index is 11.7. The fourth-order valence-corrected chi connectivity index (χ4v) is 1.54. The third-order valence-electron chi connectivity index (χ3n) is 2.48. The molecule has 0 spiro atoms. The first-order chi connectivity index (χ1) is 9.47. The molecule has 0 aromatic heterocycles. The van der Waals surface area contributed by atoms with Crippen LogP contribution in [0, 0.1) is 0 Å². The van der Waals surface area contributed by atoms with Gasteiger partial charge in [0.1, 0.15) is 5.75 Å². The van der Waals surface area contributed by atoms with Gasteiger partial charge in [-0.05, 0) is 12.1 Å². The van der Waals surface area contributed by atoms with Gasteiger partial charge in [0, 0.05) is 12.1 Å². The Morgan fingerprint density at radius 2 is 1.45 bits per heavy atom. The molecule has 0 bridgehead atoms. The van der Waals surface area contributed by atoms with Crippen molar-refractivity contribution in [3.05, 3.63) is 36.4 Å². The van der Waals surface area contributed by atoms with E-state index in [4.69, 9.17) is 0 Å². The van der Waals surface area contributed by atoms with E-state index in [1.807, 2.05) is 0 Å². The van der Waals surface area contributed by atoms with Crippen molar-refractivity contribution in [1.82, 2.24) is 0 Å². The first-order valence-electron chi connectivity index (χ1n) is 5.58. The molecular weight excluding hydrogens is 264 g/mol. The summed E-state index contributed by atoms with van der Waals surface area (Å²) >= 11 is 0. The van der Waals surface area contributed by atoms with Crippen molar-refractivity contribution in [2.45, 2.75) is 0 Å². The summed E-state index contributed by atoms with van der Waals surface area (Å²) in [5.41, 5.74) is 0.281. The molecule has 2 rings (SSSR count). The molecule has 0 aliphatic carbocycles. The third-order valence-corrected chi connectivity index (χ3v) is 2.48. The highest BCUT2D eigenvalue weighted by Crippen LogP contribution is 2.37. The lowest BCUT2D eigenvalue weighted by Crippen LogP contribution is -2.19. The van der Waals surface area contributed by atoms with Crippen LogP contribution in [0.3, 0.4) is 0 Å². The quantitative estimate of drug-likeness (QED) is 0.370. The second kappa shape index (κ2) is 5.27. The lowest BCUT2D eigenvalue weighted by molar-refractivity contribution is 0.262. The number of anilines is 2. The molecule has 0 saturated heterocycles. The zero-order valence-corrected chi connectivity index (χ0v) is 10.2. The number of urea groups is 1. The van der Waals surface area contributed by atoms with Gasteiger partial charge in [0.15, 0.2) is 17.2 Å². The minimum absolute atomic E-state index is 0.0747. The van der Waals surface area contributed by atoms with Gasteiger partial charge in [-0.1, -0.05) is 12.1 Å². The van der Waals surface area contributed by atoms with Crippen LogP contribution in [0.25, 0.3) is 0 Å². The van der Waals surface area contributed by atoms with Crippen molar-refractivity contribution in [3.63, 3.8) is 0 Å². The molecule has 0 aliphatic heterocycles. The molecular formula is C13H12N2O5.